The summed E-state index contributed by atoms with van der Waals surface area (Å²) in [4.78, 5) is 8.41. The fraction of sp³-hybridized carbons (Fsp3) is 0.143. The molecule has 0 radical (unpaired) electrons. The highest BCUT2D eigenvalue weighted by Crippen LogP contribution is 2.23. The maximum Gasteiger partial charge on any atom is 0.173 e. The molecule has 1 aromatic carbocycles. The average molecular weight is 171 g/mol. The van der Waals surface area contributed by atoms with Crippen LogP contribution in [0.1, 0.15) is 5.56 Å². The summed E-state index contributed by atoms with van der Waals surface area (Å²) in [5, 5.41) is 17.8. The van der Waals surface area contributed by atoms with Gasteiger partial charge in [-0.05, 0) is 18.2 Å². The van der Waals surface area contributed by atoms with Crippen molar-refractivity contribution < 1.29 is 20.1 Å². The molecule has 5 nitrogen and oxygen atoms in total. The number of phenolic OH excluding ortho intramolecular Hbond substituents is 1. The van der Waals surface area contributed by atoms with Gasteiger partial charge in [0.15, 0.2) is 5.75 Å². The Labute approximate surface area is 68.8 Å². The van der Waals surface area contributed by atoms with E-state index < -0.39 is 0 Å². The minimum atomic E-state index is -0.257. The van der Waals surface area contributed by atoms with Gasteiger partial charge in [0.25, 0.3) is 0 Å². The van der Waals surface area contributed by atoms with Gasteiger partial charge in [0.05, 0.1) is 6.61 Å². The molecular weight excluding hydrogens is 162 g/mol. The largest absolute Gasteiger partial charge is 0.508 e. The summed E-state index contributed by atoms with van der Waals surface area (Å²) in [7, 11) is 0. The fourth-order valence-corrected chi connectivity index (χ4v) is 0.823. The molecule has 0 fully saturated rings. The number of phenols is 1. The Hall–Kier alpha value is -1.30. The van der Waals surface area contributed by atoms with Crippen LogP contribution in [0.25, 0.3) is 0 Å². The van der Waals surface area contributed by atoms with Gasteiger partial charge in [-0.1, -0.05) is 4.99 Å². The highest BCUT2D eigenvalue weighted by atomic mass is 17.3. The molecule has 0 aromatic heterocycles. The molecule has 4 N–H and O–H groups in total. The average Bonchev–Trinajstić information content (AvgIpc) is 2.08. The van der Waals surface area contributed by atoms with Gasteiger partial charge in [0, 0.05) is 5.56 Å². The van der Waals surface area contributed by atoms with Crippen molar-refractivity contribution in [2.75, 3.05) is 0 Å². The van der Waals surface area contributed by atoms with Gasteiger partial charge < -0.3 is 15.1 Å². The van der Waals surface area contributed by atoms with E-state index in [0.29, 0.717) is 5.56 Å². The first-order valence-corrected chi connectivity index (χ1v) is 3.24. The summed E-state index contributed by atoms with van der Waals surface area (Å²) < 4.78 is 0. The highest BCUT2D eigenvalue weighted by Gasteiger charge is 2.04. The second-order valence-corrected chi connectivity index (χ2v) is 2.13. The standard InChI is InChI=1S/C7H9NO4/c8-12-11-7-2-1-6(10)3-5(7)4-9/h1-3,9-10H,4,8H2. The Kier molecular flexibility index (Phi) is 2.87. The van der Waals surface area contributed by atoms with E-state index in [1.165, 1.54) is 18.2 Å². The third-order valence-corrected chi connectivity index (χ3v) is 1.35. The van der Waals surface area contributed by atoms with E-state index in [0.717, 1.165) is 0 Å². The van der Waals surface area contributed by atoms with Crippen molar-refractivity contribution in [3.8, 4) is 11.5 Å². The van der Waals surface area contributed by atoms with Crippen LogP contribution in [-0.2, 0) is 11.6 Å². The molecule has 0 saturated heterocycles. The first-order chi connectivity index (χ1) is 5.77. The van der Waals surface area contributed by atoms with Gasteiger partial charge in [0.1, 0.15) is 5.75 Å². The number of hydrogen-bond donors (Lipinski definition) is 3. The SMILES string of the molecule is NOOc1ccc(O)cc1CO. The molecule has 1 rings (SSSR count). The Bertz CT molecular complexity index is 264. The lowest BCUT2D eigenvalue weighted by Gasteiger charge is -2.04. The number of aliphatic hydroxyl groups excluding tert-OH is 1. The van der Waals surface area contributed by atoms with E-state index in [1.807, 2.05) is 0 Å². The molecule has 0 amide bonds. The van der Waals surface area contributed by atoms with Crippen molar-refractivity contribution in [2.45, 2.75) is 6.61 Å². The molecule has 5 heteroatoms. The maximum atomic E-state index is 9.00. The normalized spacial score (nSPS) is 9.83. The van der Waals surface area contributed by atoms with Gasteiger partial charge in [-0.25, -0.2) is 0 Å². The molecule has 0 unspecified atom stereocenters. The number of rotatable bonds is 3. The summed E-state index contributed by atoms with van der Waals surface area (Å²) in [6, 6.07) is 4.19. The lowest BCUT2D eigenvalue weighted by Crippen LogP contribution is -2.05. The van der Waals surface area contributed by atoms with Gasteiger partial charge in [-0.15, -0.1) is 0 Å². The molecular formula is C7H9NO4. The lowest BCUT2D eigenvalue weighted by molar-refractivity contribution is -0.212. The van der Waals surface area contributed by atoms with Crippen molar-refractivity contribution in [3.63, 3.8) is 0 Å². The maximum absolute atomic E-state index is 9.00. The zero-order chi connectivity index (χ0) is 8.97. The van der Waals surface area contributed by atoms with Gasteiger partial charge in [-0.3, -0.25) is 0 Å². The molecule has 0 aliphatic rings. The number of nitrogens with two attached hydrogens (primary N) is 1. The molecule has 0 aliphatic heterocycles. The van der Waals surface area contributed by atoms with Crippen LogP contribution in [0.5, 0.6) is 11.5 Å². The van der Waals surface area contributed by atoms with Crippen LogP contribution in [-0.4, -0.2) is 10.2 Å². The number of aromatic hydroxyl groups is 1. The second kappa shape index (κ2) is 3.91. The summed E-state index contributed by atoms with van der Waals surface area (Å²) >= 11 is 0. The second-order valence-electron chi connectivity index (χ2n) is 2.13. The Balaban J connectivity index is 2.94. The van der Waals surface area contributed by atoms with Crippen LogP contribution in [0.4, 0.5) is 0 Å². The van der Waals surface area contributed by atoms with E-state index in [9.17, 15) is 0 Å². The molecule has 0 aliphatic carbocycles. The molecule has 1 aromatic rings. The third-order valence-electron chi connectivity index (χ3n) is 1.35. The summed E-state index contributed by atoms with van der Waals surface area (Å²) in [6.45, 7) is -0.257. The van der Waals surface area contributed by atoms with Crippen LogP contribution >= 0.6 is 0 Å². The quantitative estimate of drug-likeness (QED) is 0.442. The predicted octanol–water partition coefficient (Wildman–Crippen LogP) is 0.0686. The summed E-state index contributed by atoms with van der Waals surface area (Å²) in [5.74, 6) is 4.98. The lowest BCUT2D eigenvalue weighted by atomic mass is 10.2. The number of benzene rings is 1. The molecule has 0 atom stereocenters. The van der Waals surface area contributed by atoms with E-state index in [4.69, 9.17) is 10.2 Å². The first-order valence-electron chi connectivity index (χ1n) is 3.24. The fourth-order valence-electron chi connectivity index (χ4n) is 0.823. The monoisotopic (exact) mass is 171 g/mol. The highest BCUT2D eigenvalue weighted by molar-refractivity contribution is 5.38. The molecule has 0 bridgehead atoms. The van der Waals surface area contributed by atoms with Crippen LogP contribution in [0.15, 0.2) is 18.2 Å². The Morgan fingerprint density at radius 2 is 2.17 bits per heavy atom. The smallest absolute Gasteiger partial charge is 0.173 e. The number of aliphatic hydroxyl groups is 1. The summed E-state index contributed by atoms with van der Waals surface area (Å²) in [6.07, 6.45) is 0. The molecule has 0 saturated carbocycles. The van der Waals surface area contributed by atoms with Crippen molar-refractivity contribution >= 4 is 0 Å². The molecule has 0 heterocycles. The van der Waals surface area contributed by atoms with E-state index >= 15 is 0 Å². The van der Waals surface area contributed by atoms with Crippen molar-refractivity contribution in [2.24, 2.45) is 5.90 Å². The van der Waals surface area contributed by atoms with Crippen molar-refractivity contribution in [1.82, 2.24) is 0 Å². The van der Waals surface area contributed by atoms with Crippen LogP contribution in [0, 0.1) is 0 Å². The Morgan fingerprint density at radius 3 is 2.75 bits per heavy atom. The predicted molar refractivity (Wildman–Crippen MR) is 39.9 cm³/mol. The third kappa shape index (κ3) is 1.85. The first kappa shape index (κ1) is 8.79. The van der Waals surface area contributed by atoms with E-state index in [-0.39, 0.29) is 18.1 Å². The minimum Gasteiger partial charge on any atom is -0.508 e. The van der Waals surface area contributed by atoms with Gasteiger partial charge >= 0.3 is 0 Å². The minimum absolute atomic E-state index is 0.0448. The zero-order valence-corrected chi connectivity index (χ0v) is 6.23. The van der Waals surface area contributed by atoms with Crippen molar-refractivity contribution in [3.05, 3.63) is 23.8 Å². The zero-order valence-electron chi connectivity index (χ0n) is 6.23. The van der Waals surface area contributed by atoms with Crippen LogP contribution in [0.3, 0.4) is 0 Å². The van der Waals surface area contributed by atoms with Gasteiger partial charge in [0.2, 0.25) is 0 Å². The van der Waals surface area contributed by atoms with Crippen LogP contribution in [0.2, 0.25) is 0 Å². The summed E-state index contributed by atoms with van der Waals surface area (Å²) in [5.41, 5.74) is 0.403. The Morgan fingerprint density at radius 1 is 1.42 bits per heavy atom. The van der Waals surface area contributed by atoms with Gasteiger partial charge in [-0.2, -0.15) is 5.90 Å². The van der Waals surface area contributed by atoms with Crippen LogP contribution < -0.4 is 10.8 Å². The molecule has 12 heavy (non-hydrogen) atoms. The topological polar surface area (TPSA) is 84.9 Å². The van der Waals surface area contributed by atoms with E-state index in [2.05, 4.69) is 15.8 Å². The molecule has 0 spiro atoms. The molecule has 66 valence electrons. The number of hydrogen-bond acceptors (Lipinski definition) is 5. The van der Waals surface area contributed by atoms with Crippen molar-refractivity contribution in [1.29, 1.82) is 0 Å². The van der Waals surface area contributed by atoms with E-state index in [1.54, 1.807) is 0 Å².